The van der Waals surface area contributed by atoms with E-state index in [1.165, 1.54) is 30.6 Å². The van der Waals surface area contributed by atoms with Crippen molar-refractivity contribution in [1.82, 2.24) is 25.6 Å². The van der Waals surface area contributed by atoms with Gasteiger partial charge in [-0.1, -0.05) is 13.0 Å². The molecule has 1 aromatic carbocycles. The van der Waals surface area contributed by atoms with E-state index in [2.05, 4.69) is 20.9 Å². The van der Waals surface area contributed by atoms with Crippen molar-refractivity contribution in [1.29, 1.82) is 0 Å². The Balaban J connectivity index is 1.75. The lowest BCUT2D eigenvalue weighted by molar-refractivity contribution is 0.0843. The van der Waals surface area contributed by atoms with Gasteiger partial charge in [0.2, 0.25) is 0 Å². The third-order valence-electron chi connectivity index (χ3n) is 3.71. The largest absolute Gasteiger partial charge is 0.288 e. The van der Waals surface area contributed by atoms with Gasteiger partial charge in [0, 0.05) is 6.20 Å². The second-order valence-corrected chi connectivity index (χ2v) is 5.37. The minimum atomic E-state index is -0.525. The number of hydrazine groups is 1. The number of pyridine rings is 1. The van der Waals surface area contributed by atoms with Crippen LogP contribution in [0.3, 0.4) is 0 Å². The fraction of sp³-hybridized carbons (Fsp3) is 0.111. The predicted molar refractivity (Wildman–Crippen MR) is 92.1 cm³/mol. The number of nitrogens with one attached hydrogen (secondary N) is 2. The topological polar surface area (TPSA) is 88.9 Å². The molecular weight excluding hydrogens is 337 g/mol. The molecule has 2 heterocycles. The van der Waals surface area contributed by atoms with Crippen molar-refractivity contribution in [2.24, 2.45) is 0 Å². The monoisotopic (exact) mass is 353 g/mol. The molecule has 2 amide bonds. The summed E-state index contributed by atoms with van der Waals surface area (Å²) in [7, 11) is 0. The molecule has 2 N–H and O–H groups in total. The Labute approximate surface area is 148 Å². The highest BCUT2D eigenvalue weighted by molar-refractivity contribution is 5.98. The van der Waals surface area contributed by atoms with Crippen LogP contribution in [0.4, 0.5) is 4.39 Å². The fourth-order valence-electron chi connectivity index (χ4n) is 2.45. The van der Waals surface area contributed by atoms with Crippen LogP contribution in [0.2, 0.25) is 0 Å². The number of nitrogens with zero attached hydrogens (tertiary/aromatic N) is 3. The number of hydrogen-bond acceptors (Lipinski definition) is 4. The Morgan fingerprint density at radius 1 is 1.08 bits per heavy atom. The summed E-state index contributed by atoms with van der Waals surface area (Å²) < 4.78 is 14.7. The van der Waals surface area contributed by atoms with Crippen LogP contribution in [-0.4, -0.2) is 26.6 Å². The zero-order valence-electron chi connectivity index (χ0n) is 13.9. The lowest BCUT2D eigenvalue weighted by Gasteiger charge is -2.09. The van der Waals surface area contributed by atoms with Gasteiger partial charge in [0.25, 0.3) is 11.8 Å². The van der Waals surface area contributed by atoms with Crippen LogP contribution in [0.25, 0.3) is 5.69 Å². The number of hydrogen-bond donors (Lipinski definition) is 2. The highest BCUT2D eigenvalue weighted by atomic mass is 19.1. The lowest BCUT2D eigenvalue weighted by Crippen LogP contribution is -2.42. The van der Waals surface area contributed by atoms with E-state index in [0.717, 1.165) is 0 Å². The van der Waals surface area contributed by atoms with Gasteiger partial charge < -0.3 is 0 Å². The van der Waals surface area contributed by atoms with Crippen molar-refractivity contribution < 1.29 is 14.0 Å². The van der Waals surface area contributed by atoms with Gasteiger partial charge >= 0.3 is 0 Å². The number of rotatable bonds is 4. The van der Waals surface area contributed by atoms with Crippen molar-refractivity contribution in [2.75, 3.05) is 0 Å². The molecule has 0 bridgehead atoms. The molecule has 0 aliphatic heterocycles. The average Bonchev–Trinajstić information content (AvgIpc) is 3.11. The molecular formula is C18H16FN5O2. The normalized spacial score (nSPS) is 10.4. The van der Waals surface area contributed by atoms with Gasteiger partial charge in [-0.3, -0.25) is 25.4 Å². The smallest absolute Gasteiger partial charge is 0.267 e. The van der Waals surface area contributed by atoms with E-state index in [1.54, 1.807) is 28.9 Å². The molecule has 0 spiro atoms. The van der Waals surface area contributed by atoms with Gasteiger partial charge in [0.05, 0.1) is 23.1 Å². The van der Waals surface area contributed by atoms with Gasteiger partial charge in [-0.2, -0.15) is 5.10 Å². The predicted octanol–water partition coefficient (Wildman–Crippen LogP) is 2.04. The molecule has 0 unspecified atom stereocenters. The quantitative estimate of drug-likeness (QED) is 0.703. The summed E-state index contributed by atoms with van der Waals surface area (Å²) in [5, 5.41) is 4.20. The molecule has 0 saturated heterocycles. The second-order valence-electron chi connectivity index (χ2n) is 5.37. The average molecular weight is 353 g/mol. The first-order valence-corrected chi connectivity index (χ1v) is 7.94. The Morgan fingerprint density at radius 3 is 2.46 bits per heavy atom. The lowest BCUT2D eigenvalue weighted by atomic mass is 10.2. The summed E-state index contributed by atoms with van der Waals surface area (Å²) in [4.78, 5) is 28.3. The van der Waals surface area contributed by atoms with Crippen LogP contribution >= 0.6 is 0 Å². The van der Waals surface area contributed by atoms with E-state index in [-0.39, 0.29) is 11.5 Å². The molecule has 0 atom stereocenters. The van der Waals surface area contributed by atoms with Gasteiger partial charge in [-0.25, -0.2) is 9.07 Å². The first kappa shape index (κ1) is 17.3. The first-order valence-electron chi connectivity index (χ1n) is 7.94. The van der Waals surface area contributed by atoms with Crippen LogP contribution < -0.4 is 10.9 Å². The fourth-order valence-corrected chi connectivity index (χ4v) is 2.45. The first-order chi connectivity index (χ1) is 12.6. The van der Waals surface area contributed by atoms with Crippen LogP contribution in [0, 0.1) is 5.82 Å². The number of halogens is 1. The summed E-state index contributed by atoms with van der Waals surface area (Å²) in [5.41, 5.74) is 6.45. The molecule has 0 fully saturated rings. The molecule has 3 rings (SSSR count). The van der Waals surface area contributed by atoms with Crippen LogP contribution in [0.1, 0.15) is 33.5 Å². The minimum absolute atomic E-state index is 0.186. The molecule has 26 heavy (non-hydrogen) atoms. The van der Waals surface area contributed by atoms with E-state index in [1.807, 2.05) is 6.92 Å². The van der Waals surface area contributed by atoms with Crippen molar-refractivity contribution in [3.05, 3.63) is 77.6 Å². The number of carbonyl (C=O) groups is 2. The maximum atomic E-state index is 13.1. The SMILES string of the molecule is CCc1c(C(=O)NNC(=O)c2ccccn2)cnn1-c1ccc(F)cc1. The molecule has 0 aliphatic carbocycles. The Bertz CT molecular complexity index is 923. The van der Waals surface area contributed by atoms with Crippen LogP contribution in [-0.2, 0) is 6.42 Å². The highest BCUT2D eigenvalue weighted by Gasteiger charge is 2.18. The number of benzene rings is 1. The summed E-state index contributed by atoms with van der Waals surface area (Å²) in [6, 6.07) is 10.7. The summed E-state index contributed by atoms with van der Waals surface area (Å²) in [5.74, 6) is -1.38. The van der Waals surface area contributed by atoms with E-state index in [9.17, 15) is 14.0 Å². The zero-order valence-corrected chi connectivity index (χ0v) is 13.9. The molecule has 0 radical (unpaired) electrons. The second kappa shape index (κ2) is 7.56. The Morgan fingerprint density at radius 2 is 1.81 bits per heavy atom. The molecule has 2 aromatic heterocycles. The van der Waals surface area contributed by atoms with Gasteiger partial charge in [-0.15, -0.1) is 0 Å². The van der Waals surface area contributed by atoms with Crippen molar-refractivity contribution in [3.63, 3.8) is 0 Å². The number of carbonyl (C=O) groups excluding carboxylic acids is 2. The summed E-state index contributed by atoms with van der Waals surface area (Å²) >= 11 is 0. The van der Waals surface area contributed by atoms with Gasteiger partial charge in [0.1, 0.15) is 11.5 Å². The van der Waals surface area contributed by atoms with Crippen LogP contribution in [0.5, 0.6) is 0 Å². The van der Waals surface area contributed by atoms with E-state index < -0.39 is 11.8 Å². The maximum absolute atomic E-state index is 13.1. The summed E-state index contributed by atoms with van der Waals surface area (Å²) in [6.07, 6.45) is 3.41. The van der Waals surface area contributed by atoms with Crippen molar-refractivity contribution >= 4 is 11.8 Å². The third-order valence-corrected chi connectivity index (χ3v) is 3.71. The highest BCUT2D eigenvalue weighted by Crippen LogP contribution is 2.16. The maximum Gasteiger partial charge on any atom is 0.288 e. The summed E-state index contributed by atoms with van der Waals surface area (Å²) in [6.45, 7) is 1.88. The van der Waals surface area contributed by atoms with Gasteiger partial charge in [-0.05, 0) is 42.8 Å². The van der Waals surface area contributed by atoms with Crippen LogP contribution in [0.15, 0.2) is 54.9 Å². The molecule has 8 heteroatoms. The molecule has 0 saturated carbocycles. The van der Waals surface area contributed by atoms with Gasteiger partial charge in [0.15, 0.2) is 0 Å². The van der Waals surface area contributed by atoms with Crippen molar-refractivity contribution in [2.45, 2.75) is 13.3 Å². The zero-order chi connectivity index (χ0) is 18.5. The molecule has 3 aromatic rings. The van der Waals surface area contributed by atoms with E-state index in [0.29, 0.717) is 23.4 Å². The third kappa shape index (κ3) is 3.59. The Hall–Kier alpha value is -3.55. The number of aromatic nitrogens is 3. The standard InChI is InChI=1S/C18H16FN5O2/c1-2-16-14(11-21-24(16)13-8-6-12(19)7-9-13)17(25)22-23-18(26)15-5-3-4-10-20-15/h3-11H,2H2,1H3,(H,22,25)(H,23,26). The van der Waals surface area contributed by atoms with E-state index in [4.69, 9.17) is 0 Å². The minimum Gasteiger partial charge on any atom is -0.267 e. The number of amides is 2. The molecule has 132 valence electrons. The van der Waals surface area contributed by atoms with Crippen molar-refractivity contribution in [3.8, 4) is 5.69 Å². The molecule has 7 nitrogen and oxygen atoms in total. The van der Waals surface area contributed by atoms with E-state index >= 15 is 0 Å². The Kier molecular flexibility index (Phi) is 5.02. The molecule has 0 aliphatic rings.